The van der Waals surface area contributed by atoms with Crippen LogP contribution in [0.2, 0.25) is 0 Å². The summed E-state index contributed by atoms with van der Waals surface area (Å²) in [6, 6.07) is 2.57. The Morgan fingerprint density at radius 3 is 3.36 bits per heavy atom. The molecule has 0 aromatic carbocycles. The molecule has 1 aliphatic rings. The van der Waals surface area contributed by atoms with Crippen molar-refractivity contribution in [3.05, 3.63) is 21.9 Å². The number of hydrogen-bond donors (Lipinski definition) is 2. The van der Waals surface area contributed by atoms with Gasteiger partial charge in [0.05, 0.1) is 6.54 Å². The average molecular weight is 210 g/mol. The van der Waals surface area contributed by atoms with E-state index in [4.69, 9.17) is 0 Å². The van der Waals surface area contributed by atoms with E-state index in [-0.39, 0.29) is 5.91 Å². The average Bonchev–Trinajstić information content (AvgIpc) is 2.76. The summed E-state index contributed by atoms with van der Waals surface area (Å²) >= 11 is 1.79. The zero-order valence-electron chi connectivity index (χ0n) is 8.17. The topological polar surface area (TPSA) is 41.1 Å². The van der Waals surface area contributed by atoms with Crippen LogP contribution in [0.5, 0.6) is 0 Å². The van der Waals surface area contributed by atoms with E-state index in [1.807, 2.05) is 0 Å². The lowest BCUT2D eigenvalue weighted by molar-refractivity contribution is -0.119. The van der Waals surface area contributed by atoms with Crippen molar-refractivity contribution in [3.8, 4) is 0 Å². The molecule has 1 amide bonds. The molecule has 1 heterocycles. The minimum Gasteiger partial charge on any atom is -0.358 e. The van der Waals surface area contributed by atoms with Crippen molar-refractivity contribution in [2.75, 3.05) is 13.6 Å². The number of thiophene rings is 1. The summed E-state index contributed by atoms with van der Waals surface area (Å²) in [7, 11) is 1.66. The number of carbonyl (C=O) groups is 1. The second-order valence-electron chi connectivity index (χ2n) is 3.46. The first-order valence-electron chi connectivity index (χ1n) is 4.81. The monoisotopic (exact) mass is 210 g/mol. The highest BCUT2D eigenvalue weighted by Crippen LogP contribution is 2.34. The summed E-state index contributed by atoms with van der Waals surface area (Å²) in [6.45, 7) is 0.415. The minimum absolute atomic E-state index is 0.0509. The van der Waals surface area contributed by atoms with Crippen LogP contribution in [0.1, 0.15) is 22.9 Å². The Kier molecular flexibility index (Phi) is 2.84. The zero-order chi connectivity index (χ0) is 9.97. The van der Waals surface area contributed by atoms with Gasteiger partial charge in [0.2, 0.25) is 5.91 Å². The molecule has 3 nitrogen and oxygen atoms in total. The number of hydrogen-bond acceptors (Lipinski definition) is 3. The third-order valence-corrected chi connectivity index (χ3v) is 3.66. The summed E-state index contributed by atoms with van der Waals surface area (Å²) in [6.07, 6.45) is 2.27. The summed E-state index contributed by atoms with van der Waals surface area (Å²) in [5, 5.41) is 8.01. The second kappa shape index (κ2) is 4.11. The Hall–Kier alpha value is -0.870. The maximum Gasteiger partial charge on any atom is 0.233 e. The third-order valence-electron chi connectivity index (χ3n) is 2.59. The number of amides is 1. The Bertz CT molecular complexity index is 335. The first kappa shape index (κ1) is 9.68. The highest BCUT2D eigenvalue weighted by Gasteiger charge is 2.23. The predicted molar refractivity (Wildman–Crippen MR) is 57.5 cm³/mol. The third kappa shape index (κ3) is 1.81. The van der Waals surface area contributed by atoms with Crippen LogP contribution in [-0.2, 0) is 11.2 Å². The Morgan fingerprint density at radius 2 is 2.57 bits per heavy atom. The molecule has 1 aromatic rings. The molecule has 1 aromatic heterocycles. The molecule has 0 saturated heterocycles. The van der Waals surface area contributed by atoms with Crippen molar-refractivity contribution in [3.63, 3.8) is 0 Å². The maximum atomic E-state index is 11.0. The molecule has 1 unspecified atom stereocenters. The van der Waals surface area contributed by atoms with E-state index < -0.39 is 0 Å². The zero-order valence-corrected chi connectivity index (χ0v) is 8.99. The molecule has 1 aliphatic carbocycles. The fourth-order valence-corrected chi connectivity index (χ4v) is 2.86. The van der Waals surface area contributed by atoms with Gasteiger partial charge in [0, 0.05) is 18.0 Å². The van der Waals surface area contributed by atoms with Crippen molar-refractivity contribution < 1.29 is 4.79 Å². The van der Waals surface area contributed by atoms with Gasteiger partial charge in [-0.25, -0.2) is 0 Å². The molecule has 0 saturated carbocycles. The van der Waals surface area contributed by atoms with Gasteiger partial charge in [-0.15, -0.1) is 11.3 Å². The molecule has 0 spiro atoms. The molecule has 0 radical (unpaired) electrons. The SMILES string of the molecule is CNC(=O)CNC1CCc2ccsc21. The van der Waals surface area contributed by atoms with Crippen LogP contribution >= 0.6 is 11.3 Å². The Balaban J connectivity index is 1.92. The van der Waals surface area contributed by atoms with Crippen LogP contribution in [0.25, 0.3) is 0 Å². The van der Waals surface area contributed by atoms with Crippen LogP contribution in [0, 0.1) is 0 Å². The number of likely N-dealkylation sites (N-methyl/N-ethyl adjacent to an activating group) is 1. The van der Waals surface area contributed by atoms with E-state index in [1.54, 1.807) is 18.4 Å². The lowest BCUT2D eigenvalue weighted by Crippen LogP contribution is -2.32. The quantitative estimate of drug-likeness (QED) is 0.783. The highest BCUT2D eigenvalue weighted by atomic mass is 32.1. The molecule has 0 fully saturated rings. The molecule has 4 heteroatoms. The van der Waals surface area contributed by atoms with Gasteiger partial charge in [0.25, 0.3) is 0 Å². The summed E-state index contributed by atoms with van der Waals surface area (Å²) in [5.74, 6) is 0.0509. The normalized spacial score (nSPS) is 19.4. The number of rotatable bonds is 3. The smallest absolute Gasteiger partial charge is 0.233 e. The number of nitrogens with one attached hydrogen (secondary N) is 2. The minimum atomic E-state index is 0.0509. The maximum absolute atomic E-state index is 11.0. The van der Waals surface area contributed by atoms with Gasteiger partial charge in [-0.05, 0) is 29.9 Å². The van der Waals surface area contributed by atoms with Gasteiger partial charge in [-0.2, -0.15) is 0 Å². The van der Waals surface area contributed by atoms with E-state index in [0.29, 0.717) is 12.6 Å². The van der Waals surface area contributed by atoms with E-state index >= 15 is 0 Å². The Morgan fingerprint density at radius 1 is 1.71 bits per heavy atom. The van der Waals surface area contributed by atoms with Gasteiger partial charge in [-0.3, -0.25) is 4.79 Å². The molecule has 0 aliphatic heterocycles. The Labute approximate surface area is 87.5 Å². The molecule has 14 heavy (non-hydrogen) atoms. The van der Waals surface area contributed by atoms with Crippen molar-refractivity contribution in [1.29, 1.82) is 0 Å². The molecular weight excluding hydrogens is 196 g/mol. The standard InChI is InChI=1S/C10H14N2OS/c1-11-9(13)6-12-8-3-2-7-4-5-14-10(7)8/h4-5,8,12H,2-3,6H2,1H3,(H,11,13). The van der Waals surface area contributed by atoms with E-state index in [9.17, 15) is 4.79 Å². The largest absolute Gasteiger partial charge is 0.358 e. The molecule has 2 rings (SSSR count). The highest BCUT2D eigenvalue weighted by molar-refractivity contribution is 7.10. The van der Waals surface area contributed by atoms with Gasteiger partial charge in [0.15, 0.2) is 0 Å². The molecule has 76 valence electrons. The fourth-order valence-electron chi connectivity index (χ4n) is 1.79. The van der Waals surface area contributed by atoms with E-state index in [2.05, 4.69) is 22.1 Å². The first-order chi connectivity index (χ1) is 6.81. The van der Waals surface area contributed by atoms with E-state index in [0.717, 1.165) is 12.8 Å². The second-order valence-corrected chi connectivity index (χ2v) is 4.40. The summed E-state index contributed by atoms with van der Waals surface area (Å²) in [4.78, 5) is 12.5. The lowest BCUT2D eigenvalue weighted by Gasteiger charge is -2.11. The lowest BCUT2D eigenvalue weighted by atomic mass is 10.2. The number of aryl methyl sites for hydroxylation is 1. The van der Waals surface area contributed by atoms with Crippen LogP contribution in [0.4, 0.5) is 0 Å². The number of carbonyl (C=O) groups excluding carboxylic acids is 1. The van der Waals surface area contributed by atoms with E-state index in [1.165, 1.54) is 10.4 Å². The van der Waals surface area contributed by atoms with Crippen LogP contribution in [0.15, 0.2) is 11.4 Å². The van der Waals surface area contributed by atoms with Gasteiger partial charge in [-0.1, -0.05) is 0 Å². The van der Waals surface area contributed by atoms with Crippen molar-refractivity contribution in [2.45, 2.75) is 18.9 Å². The van der Waals surface area contributed by atoms with Crippen LogP contribution in [-0.4, -0.2) is 19.5 Å². The van der Waals surface area contributed by atoms with Crippen LogP contribution in [0.3, 0.4) is 0 Å². The molecular formula is C10H14N2OS. The molecule has 1 atom stereocenters. The van der Waals surface area contributed by atoms with Crippen molar-refractivity contribution >= 4 is 17.2 Å². The summed E-state index contributed by atoms with van der Waals surface area (Å²) in [5.41, 5.74) is 1.45. The van der Waals surface area contributed by atoms with Gasteiger partial charge >= 0.3 is 0 Å². The molecule has 2 N–H and O–H groups in total. The number of fused-ring (bicyclic) bond motifs is 1. The molecule has 0 bridgehead atoms. The fraction of sp³-hybridized carbons (Fsp3) is 0.500. The van der Waals surface area contributed by atoms with Crippen molar-refractivity contribution in [2.24, 2.45) is 0 Å². The van der Waals surface area contributed by atoms with Gasteiger partial charge in [0.1, 0.15) is 0 Å². The summed E-state index contributed by atoms with van der Waals surface area (Å²) < 4.78 is 0. The first-order valence-corrected chi connectivity index (χ1v) is 5.69. The van der Waals surface area contributed by atoms with Crippen molar-refractivity contribution in [1.82, 2.24) is 10.6 Å². The predicted octanol–water partition coefficient (Wildman–Crippen LogP) is 1.07. The van der Waals surface area contributed by atoms with Crippen LogP contribution < -0.4 is 10.6 Å². The van der Waals surface area contributed by atoms with Gasteiger partial charge < -0.3 is 10.6 Å².